The largest absolute Gasteiger partial charge is 0.477 e. The molecule has 7 nitrogen and oxygen atoms in total. The zero-order chi connectivity index (χ0) is 14.5. The SMILES string of the molecule is Cn1ncnc1CCNC(=O)Cc1csc(C(=O)O)c1. The van der Waals surface area contributed by atoms with Gasteiger partial charge in [-0.15, -0.1) is 11.3 Å². The van der Waals surface area contributed by atoms with Gasteiger partial charge in [-0.3, -0.25) is 9.48 Å². The second-order valence-electron chi connectivity index (χ2n) is 4.20. The highest BCUT2D eigenvalue weighted by molar-refractivity contribution is 7.12. The Morgan fingerprint density at radius 1 is 1.50 bits per heavy atom. The van der Waals surface area contributed by atoms with Crippen LogP contribution < -0.4 is 5.32 Å². The van der Waals surface area contributed by atoms with Gasteiger partial charge in [0.1, 0.15) is 17.0 Å². The molecular weight excluding hydrogens is 280 g/mol. The highest BCUT2D eigenvalue weighted by atomic mass is 32.1. The van der Waals surface area contributed by atoms with Gasteiger partial charge in [-0.25, -0.2) is 9.78 Å². The molecular formula is C12H14N4O3S. The van der Waals surface area contributed by atoms with Gasteiger partial charge >= 0.3 is 5.97 Å². The summed E-state index contributed by atoms with van der Waals surface area (Å²) in [5, 5.41) is 17.2. The van der Waals surface area contributed by atoms with Gasteiger partial charge in [-0.2, -0.15) is 5.10 Å². The molecule has 2 rings (SSSR count). The molecule has 0 aliphatic carbocycles. The summed E-state index contributed by atoms with van der Waals surface area (Å²) in [6, 6.07) is 1.52. The van der Waals surface area contributed by atoms with Crippen molar-refractivity contribution in [2.24, 2.45) is 7.05 Å². The number of nitrogens with zero attached hydrogens (tertiary/aromatic N) is 3. The van der Waals surface area contributed by atoms with Crippen LogP contribution in [0.2, 0.25) is 0 Å². The lowest BCUT2D eigenvalue weighted by atomic mass is 10.2. The van der Waals surface area contributed by atoms with E-state index in [-0.39, 0.29) is 17.2 Å². The number of hydrogen-bond acceptors (Lipinski definition) is 5. The van der Waals surface area contributed by atoms with E-state index in [9.17, 15) is 9.59 Å². The Labute approximate surface area is 119 Å². The minimum absolute atomic E-state index is 0.137. The van der Waals surface area contributed by atoms with Crippen molar-refractivity contribution in [1.29, 1.82) is 0 Å². The van der Waals surface area contributed by atoms with Crippen LogP contribution >= 0.6 is 11.3 Å². The number of nitrogens with one attached hydrogen (secondary N) is 1. The minimum atomic E-state index is -0.969. The van der Waals surface area contributed by atoms with Gasteiger partial charge in [-0.05, 0) is 17.0 Å². The number of carboxylic acids is 1. The molecule has 2 aromatic rings. The van der Waals surface area contributed by atoms with Gasteiger partial charge < -0.3 is 10.4 Å². The van der Waals surface area contributed by atoms with Gasteiger partial charge in [0.25, 0.3) is 0 Å². The maximum atomic E-state index is 11.7. The first kappa shape index (κ1) is 14.2. The fourth-order valence-electron chi connectivity index (χ4n) is 1.69. The summed E-state index contributed by atoms with van der Waals surface area (Å²) in [5.74, 6) is -0.306. The third kappa shape index (κ3) is 3.64. The van der Waals surface area contributed by atoms with Crippen LogP contribution in [-0.2, 0) is 24.7 Å². The van der Waals surface area contributed by atoms with Crippen LogP contribution in [0.15, 0.2) is 17.8 Å². The monoisotopic (exact) mass is 294 g/mol. The number of rotatable bonds is 6. The molecule has 0 atom stereocenters. The summed E-state index contributed by atoms with van der Waals surface area (Å²) in [6.07, 6.45) is 2.25. The molecule has 2 heterocycles. The maximum Gasteiger partial charge on any atom is 0.345 e. The molecule has 0 unspecified atom stereocenters. The van der Waals surface area contributed by atoms with E-state index in [1.807, 2.05) is 0 Å². The van der Waals surface area contributed by atoms with Crippen molar-refractivity contribution in [2.45, 2.75) is 12.8 Å². The number of hydrogen-bond donors (Lipinski definition) is 2. The fraction of sp³-hybridized carbons (Fsp3) is 0.333. The van der Waals surface area contributed by atoms with Crippen LogP contribution in [0.3, 0.4) is 0 Å². The second-order valence-corrected chi connectivity index (χ2v) is 5.11. The van der Waals surface area contributed by atoms with Crippen LogP contribution in [0.1, 0.15) is 21.1 Å². The first-order valence-corrected chi connectivity index (χ1v) is 6.84. The van der Waals surface area contributed by atoms with Gasteiger partial charge in [0.05, 0.1) is 6.42 Å². The highest BCUT2D eigenvalue weighted by Gasteiger charge is 2.10. The van der Waals surface area contributed by atoms with Gasteiger partial charge in [0.15, 0.2) is 0 Å². The first-order valence-electron chi connectivity index (χ1n) is 5.96. The van der Waals surface area contributed by atoms with Crippen LogP contribution in [0, 0.1) is 0 Å². The molecule has 2 N–H and O–H groups in total. The maximum absolute atomic E-state index is 11.7. The van der Waals surface area contributed by atoms with Crippen LogP contribution in [0.4, 0.5) is 0 Å². The molecule has 0 radical (unpaired) electrons. The van der Waals surface area contributed by atoms with Crippen molar-refractivity contribution in [3.63, 3.8) is 0 Å². The summed E-state index contributed by atoms with van der Waals surface area (Å²) < 4.78 is 1.66. The molecule has 1 amide bonds. The Balaban J connectivity index is 1.77. The number of aromatic nitrogens is 3. The highest BCUT2D eigenvalue weighted by Crippen LogP contribution is 2.14. The third-order valence-corrected chi connectivity index (χ3v) is 3.67. The van der Waals surface area contributed by atoms with E-state index >= 15 is 0 Å². The van der Waals surface area contributed by atoms with E-state index in [2.05, 4.69) is 15.4 Å². The van der Waals surface area contributed by atoms with E-state index in [0.717, 1.165) is 17.2 Å². The number of thiophene rings is 1. The Hall–Kier alpha value is -2.22. The summed E-state index contributed by atoms with van der Waals surface area (Å²) in [5.41, 5.74) is 0.712. The minimum Gasteiger partial charge on any atom is -0.477 e. The predicted molar refractivity (Wildman–Crippen MR) is 72.7 cm³/mol. The summed E-state index contributed by atoms with van der Waals surface area (Å²) >= 11 is 1.12. The molecule has 0 fully saturated rings. The van der Waals surface area contributed by atoms with Crippen LogP contribution in [-0.4, -0.2) is 38.3 Å². The molecule has 0 aromatic carbocycles. The number of aryl methyl sites for hydroxylation is 1. The molecule has 0 saturated carbocycles. The Morgan fingerprint density at radius 2 is 2.30 bits per heavy atom. The summed E-state index contributed by atoms with van der Waals surface area (Å²) in [7, 11) is 1.79. The van der Waals surface area contributed by atoms with E-state index in [4.69, 9.17) is 5.11 Å². The molecule has 0 saturated heterocycles. The van der Waals surface area contributed by atoms with Crippen LogP contribution in [0.25, 0.3) is 0 Å². The molecule has 0 bridgehead atoms. The molecule has 2 aromatic heterocycles. The van der Waals surface area contributed by atoms with E-state index in [1.54, 1.807) is 17.1 Å². The van der Waals surface area contributed by atoms with Crippen molar-refractivity contribution >= 4 is 23.2 Å². The van der Waals surface area contributed by atoms with Gasteiger partial charge in [0.2, 0.25) is 5.91 Å². The number of carbonyl (C=O) groups is 2. The van der Waals surface area contributed by atoms with Crippen molar-refractivity contribution < 1.29 is 14.7 Å². The molecule has 0 spiro atoms. The van der Waals surface area contributed by atoms with Crippen molar-refractivity contribution in [3.8, 4) is 0 Å². The third-order valence-electron chi connectivity index (χ3n) is 2.71. The zero-order valence-corrected chi connectivity index (χ0v) is 11.7. The average Bonchev–Trinajstić information content (AvgIpc) is 2.99. The van der Waals surface area contributed by atoms with Crippen molar-refractivity contribution in [2.75, 3.05) is 6.54 Å². The zero-order valence-electron chi connectivity index (χ0n) is 10.9. The number of aromatic carboxylic acids is 1. The van der Waals surface area contributed by atoms with Crippen molar-refractivity contribution in [3.05, 3.63) is 34.0 Å². The van der Waals surface area contributed by atoms with Gasteiger partial charge in [-0.1, -0.05) is 0 Å². The predicted octanol–water partition coefficient (Wildman–Crippen LogP) is 0.476. The normalized spacial score (nSPS) is 10.4. The molecule has 20 heavy (non-hydrogen) atoms. The Kier molecular flexibility index (Phi) is 4.46. The number of carbonyl (C=O) groups excluding carboxylic acids is 1. The standard InChI is InChI=1S/C12H14N4O3S/c1-16-10(14-7-15-16)2-3-13-11(17)5-8-4-9(12(18)19)20-6-8/h4,6-7H,2-3,5H2,1H3,(H,13,17)(H,18,19). The lowest BCUT2D eigenvalue weighted by Gasteiger charge is -2.03. The molecule has 0 aliphatic rings. The average molecular weight is 294 g/mol. The smallest absolute Gasteiger partial charge is 0.345 e. The van der Waals surface area contributed by atoms with E-state index in [1.165, 1.54) is 12.4 Å². The Bertz CT molecular complexity index is 620. The molecule has 0 aliphatic heterocycles. The van der Waals surface area contributed by atoms with Crippen molar-refractivity contribution in [1.82, 2.24) is 20.1 Å². The van der Waals surface area contributed by atoms with E-state index in [0.29, 0.717) is 18.5 Å². The van der Waals surface area contributed by atoms with Crippen LogP contribution in [0.5, 0.6) is 0 Å². The summed E-state index contributed by atoms with van der Waals surface area (Å²) in [4.78, 5) is 26.7. The number of amides is 1. The topological polar surface area (TPSA) is 97.1 Å². The van der Waals surface area contributed by atoms with Gasteiger partial charge in [0, 0.05) is 20.0 Å². The lowest BCUT2D eigenvalue weighted by Crippen LogP contribution is -2.27. The fourth-order valence-corrected chi connectivity index (χ4v) is 2.44. The number of carboxylic acid groups (broad SMARTS) is 1. The first-order chi connectivity index (χ1) is 9.56. The molecule has 106 valence electrons. The lowest BCUT2D eigenvalue weighted by molar-refractivity contribution is -0.120. The second kappa shape index (κ2) is 6.29. The quantitative estimate of drug-likeness (QED) is 0.807. The Morgan fingerprint density at radius 3 is 2.90 bits per heavy atom. The van der Waals surface area contributed by atoms with E-state index < -0.39 is 5.97 Å². The molecule has 8 heteroatoms. The summed E-state index contributed by atoms with van der Waals surface area (Å²) in [6.45, 7) is 0.474.